The van der Waals surface area contributed by atoms with Crippen LogP contribution >= 0.6 is 11.3 Å². The number of methoxy groups -OCH3 is 1. The Morgan fingerprint density at radius 1 is 1.23 bits per heavy atom. The number of carbonyl (C=O) groups is 1. The molecule has 0 spiro atoms. The van der Waals surface area contributed by atoms with Crippen molar-refractivity contribution in [3.8, 4) is 16.5 Å². The second-order valence-corrected chi connectivity index (χ2v) is 12.9. The molecule has 3 aromatic heterocycles. The Bertz CT molecular complexity index is 1810. The second-order valence-electron chi connectivity index (χ2n) is 11.9. The maximum absolute atomic E-state index is 14.3. The van der Waals surface area contributed by atoms with Crippen LogP contribution in [0.3, 0.4) is 0 Å². The number of aliphatic carboxylic acids is 1. The number of nitrogens with zero attached hydrogens (tertiary/aromatic N) is 4. The average Bonchev–Trinajstić information content (AvgIpc) is 3.74. The van der Waals surface area contributed by atoms with Gasteiger partial charge in [-0.1, -0.05) is 18.2 Å². The maximum atomic E-state index is 14.3. The van der Waals surface area contributed by atoms with Crippen LogP contribution < -0.4 is 16.0 Å². The van der Waals surface area contributed by atoms with Crippen molar-refractivity contribution in [2.45, 2.75) is 83.0 Å². The molecule has 44 heavy (non-hydrogen) atoms. The highest BCUT2D eigenvalue weighted by Crippen LogP contribution is 2.39. The van der Waals surface area contributed by atoms with E-state index in [1.165, 1.54) is 42.2 Å². The molecule has 2 N–H and O–H groups in total. The summed E-state index contributed by atoms with van der Waals surface area (Å²) in [4.78, 5) is 47.9. The van der Waals surface area contributed by atoms with Gasteiger partial charge >= 0.3 is 11.7 Å². The fraction of sp³-hybridized carbons (Fsp3) is 0.484. The van der Waals surface area contributed by atoms with Crippen molar-refractivity contribution >= 4 is 27.5 Å². The van der Waals surface area contributed by atoms with Crippen molar-refractivity contribution in [3.05, 3.63) is 68.7 Å². The van der Waals surface area contributed by atoms with Crippen molar-refractivity contribution in [2.24, 2.45) is 0 Å². The largest absolute Gasteiger partial charge is 0.496 e. The number of aliphatic hydroxyl groups is 1. The van der Waals surface area contributed by atoms with E-state index in [4.69, 9.17) is 13.9 Å². The molecule has 2 aliphatic heterocycles. The highest BCUT2D eigenvalue weighted by atomic mass is 32.1. The lowest BCUT2D eigenvalue weighted by Gasteiger charge is -2.38. The first-order chi connectivity index (χ1) is 21.0. The van der Waals surface area contributed by atoms with Gasteiger partial charge in [-0.2, -0.15) is 0 Å². The number of oxazole rings is 1. The maximum Gasteiger partial charge on any atom is 0.333 e. The van der Waals surface area contributed by atoms with Gasteiger partial charge in [0.1, 0.15) is 34.7 Å². The number of carboxylic acids is 1. The molecule has 2 fully saturated rings. The van der Waals surface area contributed by atoms with Crippen LogP contribution in [0.5, 0.6) is 5.75 Å². The summed E-state index contributed by atoms with van der Waals surface area (Å²) < 4.78 is 20.3. The molecule has 234 valence electrons. The van der Waals surface area contributed by atoms with Gasteiger partial charge in [0.2, 0.25) is 5.89 Å². The number of hydrogen-bond donors (Lipinski definition) is 2. The van der Waals surface area contributed by atoms with Crippen LogP contribution in [0.2, 0.25) is 0 Å². The summed E-state index contributed by atoms with van der Waals surface area (Å²) in [5.74, 6) is -0.432. The zero-order valence-electron chi connectivity index (χ0n) is 25.1. The molecule has 13 heteroatoms. The molecular weight excluding hydrogens is 588 g/mol. The summed E-state index contributed by atoms with van der Waals surface area (Å²) in [6, 6.07) is 7.63. The Morgan fingerprint density at radius 3 is 2.70 bits per heavy atom. The van der Waals surface area contributed by atoms with E-state index < -0.39 is 35.1 Å². The van der Waals surface area contributed by atoms with Gasteiger partial charge in [-0.25, -0.2) is 19.1 Å². The Hall–Kier alpha value is -3.78. The number of aliphatic hydroxyl groups excluding tert-OH is 1. The predicted octanol–water partition coefficient (Wildman–Crippen LogP) is 3.72. The van der Waals surface area contributed by atoms with Crippen molar-refractivity contribution in [1.29, 1.82) is 0 Å². The topological polar surface area (TPSA) is 149 Å². The minimum absolute atomic E-state index is 0.00975. The number of fused-ring (bicyclic) bond motifs is 2. The minimum atomic E-state index is -1.83. The summed E-state index contributed by atoms with van der Waals surface area (Å²) in [5, 5.41) is 20.7. The molecule has 0 aliphatic carbocycles. The van der Waals surface area contributed by atoms with Crippen LogP contribution in [0.4, 0.5) is 0 Å². The number of thiophene rings is 1. The first-order valence-corrected chi connectivity index (χ1v) is 15.5. The molecule has 0 bridgehead atoms. The SMILES string of the molecule is COc1ccccc1C(Cn1c(=O)n(C(C)(C)C(=O)O)c(=O)c2c(C)c(-c3ncco3)sc21)OC1CCN2C(O)CCC2C1. The Morgan fingerprint density at radius 2 is 2.00 bits per heavy atom. The number of carboxylic acid groups (broad SMARTS) is 1. The molecule has 0 amide bonds. The van der Waals surface area contributed by atoms with Crippen LogP contribution in [0.15, 0.2) is 50.7 Å². The lowest BCUT2D eigenvalue weighted by Crippen LogP contribution is -2.52. The van der Waals surface area contributed by atoms with Crippen molar-refractivity contribution in [2.75, 3.05) is 13.7 Å². The fourth-order valence-electron chi connectivity index (χ4n) is 6.52. The van der Waals surface area contributed by atoms with Gasteiger partial charge in [0, 0.05) is 18.2 Å². The number of rotatable bonds is 9. The molecule has 12 nitrogen and oxygen atoms in total. The Balaban J connectivity index is 1.52. The number of ether oxygens (including phenoxy) is 2. The number of aromatic nitrogens is 3. The van der Waals surface area contributed by atoms with Gasteiger partial charge < -0.3 is 24.1 Å². The highest BCUT2D eigenvalue weighted by Gasteiger charge is 2.39. The van der Waals surface area contributed by atoms with Gasteiger partial charge in [0.25, 0.3) is 5.56 Å². The van der Waals surface area contributed by atoms with Crippen molar-refractivity contribution < 1.29 is 28.9 Å². The lowest BCUT2D eigenvalue weighted by molar-refractivity contribution is -0.146. The van der Waals surface area contributed by atoms with Crippen LogP contribution in [-0.2, 0) is 21.6 Å². The van der Waals surface area contributed by atoms with E-state index in [0.717, 1.165) is 29.4 Å². The van der Waals surface area contributed by atoms with Gasteiger partial charge in [-0.3, -0.25) is 14.3 Å². The number of benzene rings is 1. The van der Waals surface area contributed by atoms with Gasteiger partial charge in [0.05, 0.1) is 36.2 Å². The van der Waals surface area contributed by atoms with Gasteiger partial charge in [0.15, 0.2) is 0 Å². The van der Waals surface area contributed by atoms with E-state index in [2.05, 4.69) is 9.88 Å². The van der Waals surface area contributed by atoms with E-state index in [9.17, 15) is 24.6 Å². The number of aryl methyl sites for hydroxylation is 1. The summed E-state index contributed by atoms with van der Waals surface area (Å²) in [6.07, 6.45) is 4.69. The van der Waals surface area contributed by atoms with E-state index in [1.807, 2.05) is 24.3 Å². The average molecular weight is 625 g/mol. The number of hydrogen-bond acceptors (Lipinski definition) is 10. The summed E-state index contributed by atoms with van der Waals surface area (Å²) in [5.41, 5.74) is -2.02. The predicted molar refractivity (Wildman–Crippen MR) is 163 cm³/mol. The zero-order valence-corrected chi connectivity index (χ0v) is 25.9. The molecule has 1 aromatic carbocycles. The molecule has 4 aromatic rings. The molecule has 4 atom stereocenters. The van der Waals surface area contributed by atoms with Crippen LogP contribution in [0, 0.1) is 6.92 Å². The third-order valence-corrected chi connectivity index (χ3v) is 10.3. The van der Waals surface area contributed by atoms with E-state index in [-0.39, 0.29) is 24.1 Å². The molecular formula is C31H36N4O8S. The molecule has 5 heterocycles. The molecule has 2 aliphatic rings. The van der Waals surface area contributed by atoms with E-state index in [1.54, 1.807) is 14.0 Å². The third kappa shape index (κ3) is 5.07. The molecule has 4 unspecified atom stereocenters. The first kappa shape index (κ1) is 30.3. The standard InChI is InChI=1S/C31H36N4O8S/c1-17-24-27(37)35(31(2,3)29(38)39)30(40)34(28(24)44-25(17)26-32-12-14-42-26)16-22(20-7-5-6-8-21(20)41-4)43-19-11-13-33-18(15-19)9-10-23(33)36/h5-8,12,14,18-19,22-23,36H,9-11,13,15-16H2,1-4H3,(H,38,39). The zero-order chi connectivity index (χ0) is 31.3. The summed E-state index contributed by atoms with van der Waals surface area (Å²) >= 11 is 1.20. The first-order valence-electron chi connectivity index (χ1n) is 14.7. The highest BCUT2D eigenvalue weighted by molar-refractivity contribution is 7.22. The number of piperidine rings is 1. The Kier molecular flexibility index (Phi) is 7.99. The molecule has 0 saturated carbocycles. The minimum Gasteiger partial charge on any atom is -0.496 e. The fourth-order valence-corrected chi connectivity index (χ4v) is 7.76. The number of para-hydroxylation sites is 1. The third-order valence-electron chi connectivity index (χ3n) is 8.97. The van der Waals surface area contributed by atoms with Crippen molar-refractivity contribution in [3.63, 3.8) is 0 Å². The monoisotopic (exact) mass is 624 g/mol. The van der Waals surface area contributed by atoms with Crippen LogP contribution in [0.1, 0.15) is 56.8 Å². The smallest absolute Gasteiger partial charge is 0.333 e. The quantitative estimate of drug-likeness (QED) is 0.282. The van der Waals surface area contributed by atoms with Crippen LogP contribution in [-0.4, -0.2) is 67.2 Å². The van der Waals surface area contributed by atoms with Gasteiger partial charge in [-0.05, 0) is 58.1 Å². The lowest BCUT2D eigenvalue weighted by atomic mass is 9.99. The van der Waals surface area contributed by atoms with E-state index >= 15 is 0 Å². The second kappa shape index (κ2) is 11.6. The summed E-state index contributed by atoms with van der Waals surface area (Å²) in [7, 11) is 1.57. The van der Waals surface area contributed by atoms with Crippen LogP contribution in [0.25, 0.3) is 21.0 Å². The Labute approximate surface area is 257 Å². The normalized spacial score (nSPS) is 21.4. The summed E-state index contributed by atoms with van der Waals surface area (Å²) in [6.45, 7) is 5.10. The molecule has 0 radical (unpaired) electrons. The van der Waals surface area contributed by atoms with Crippen molar-refractivity contribution in [1.82, 2.24) is 19.0 Å². The van der Waals surface area contributed by atoms with Gasteiger partial charge in [-0.15, -0.1) is 11.3 Å². The van der Waals surface area contributed by atoms with E-state index in [0.29, 0.717) is 39.9 Å². The molecule has 2 saturated heterocycles. The molecule has 6 rings (SSSR count).